The second kappa shape index (κ2) is 5.85. The number of rotatable bonds is 4. The molecule has 1 aromatic carbocycles. The van der Waals surface area contributed by atoms with E-state index in [0.717, 1.165) is 13.0 Å². The Labute approximate surface area is 115 Å². The highest BCUT2D eigenvalue weighted by Gasteiger charge is 2.07. The first kappa shape index (κ1) is 12.9. The van der Waals surface area contributed by atoms with E-state index in [-0.39, 0.29) is 5.15 Å². The molecule has 2 aromatic rings. The first-order valence-corrected chi connectivity index (χ1v) is 6.74. The average molecular weight is 278 g/mol. The Hall–Kier alpha value is -1.57. The Bertz CT molecular complexity index is 586. The lowest BCUT2D eigenvalue weighted by atomic mass is 10.1. The van der Waals surface area contributed by atoms with Gasteiger partial charge in [0.05, 0.1) is 0 Å². The lowest BCUT2D eigenvalue weighted by Crippen LogP contribution is -2.04. The largest absolute Gasteiger partial charge is 0.361 e. The van der Waals surface area contributed by atoms with Crippen LogP contribution in [0.25, 0.3) is 0 Å². The van der Waals surface area contributed by atoms with Gasteiger partial charge in [0, 0.05) is 6.54 Å². The minimum Gasteiger partial charge on any atom is -0.361 e. The zero-order valence-electron chi connectivity index (χ0n) is 9.90. The van der Waals surface area contributed by atoms with Crippen LogP contribution in [-0.2, 0) is 6.42 Å². The fourth-order valence-corrected chi connectivity index (χ4v) is 2.60. The van der Waals surface area contributed by atoms with Gasteiger partial charge in [-0.2, -0.15) is 5.26 Å². The zero-order chi connectivity index (χ0) is 13.0. The van der Waals surface area contributed by atoms with Gasteiger partial charge in [0.1, 0.15) is 10.9 Å². The van der Waals surface area contributed by atoms with Crippen molar-refractivity contribution in [2.24, 2.45) is 0 Å². The van der Waals surface area contributed by atoms with E-state index in [1.165, 1.54) is 22.5 Å². The Morgan fingerprint density at radius 2 is 2.33 bits per heavy atom. The van der Waals surface area contributed by atoms with E-state index in [0.29, 0.717) is 10.0 Å². The maximum atomic E-state index is 8.77. The third-order valence-corrected chi connectivity index (χ3v) is 3.76. The number of aryl methyl sites for hydroxylation is 1. The van der Waals surface area contributed by atoms with Crippen LogP contribution in [0.2, 0.25) is 5.15 Å². The van der Waals surface area contributed by atoms with E-state index in [1.54, 1.807) is 0 Å². The van der Waals surface area contributed by atoms with E-state index in [2.05, 4.69) is 41.5 Å². The first-order chi connectivity index (χ1) is 8.69. The van der Waals surface area contributed by atoms with Crippen molar-refractivity contribution in [2.45, 2.75) is 13.3 Å². The molecule has 5 heteroatoms. The van der Waals surface area contributed by atoms with Crippen molar-refractivity contribution in [1.29, 1.82) is 5.26 Å². The molecule has 0 radical (unpaired) electrons. The number of aromatic nitrogens is 1. The molecule has 0 aliphatic heterocycles. The van der Waals surface area contributed by atoms with Crippen molar-refractivity contribution in [3.63, 3.8) is 0 Å². The van der Waals surface area contributed by atoms with E-state index >= 15 is 0 Å². The molecule has 0 saturated carbocycles. The summed E-state index contributed by atoms with van der Waals surface area (Å²) in [6, 6.07) is 10.4. The van der Waals surface area contributed by atoms with Crippen molar-refractivity contribution in [3.05, 3.63) is 45.4 Å². The van der Waals surface area contributed by atoms with Gasteiger partial charge >= 0.3 is 0 Å². The summed E-state index contributed by atoms with van der Waals surface area (Å²) in [5.41, 5.74) is 2.54. The number of thiazole rings is 1. The van der Waals surface area contributed by atoms with Gasteiger partial charge in [0.2, 0.25) is 0 Å². The second-order valence-electron chi connectivity index (χ2n) is 3.92. The smallest absolute Gasteiger partial charge is 0.185 e. The summed E-state index contributed by atoms with van der Waals surface area (Å²) < 4.78 is 0. The topological polar surface area (TPSA) is 48.7 Å². The molecule has 1 aromatic heterocycles. The van der Waals surface area contributed by atoms with E-state index in [4.69, 9.17) is 16.9 Å². The number of benzene rings is 1. The molecule has 1 heterocycles. The molecule has 92 valence electrons. The number of hydrogen-bond donors (Lipinski definition) is 1. The van der Waals surface area contributed by atoms with Crippen LogP contribution in [0.15, 0.2) is 24.3 Å². The van der Waals surface area contributed by atoms with Crippen LogP contribution in [0.3, 0.4) is 0 Å². The molecule has 3 nitrogen and oxygen atoms in total. The zero-order valence-corrected chi connectivity index (χ0v) is 11.5. The number of nitrogens with one attached hydrogen (secondary N) is 1. The van der Waals surface area contributed by atoms with Crippen molar-refractivity contribution in [3.8, 4) is 6.07 Å². The maximum absolute atomic E-state index is 8.77. The summed E-state index contributed by atoms with van der Waals surface area (Å²) in [6.07, 6.45) is 0.917. The number of hydrogen-bond acceptors (Lipinski definition) is 4. The van der Waals surface area contributed by atoms with Crippen LogP contribution in [0.4, 0.5) is 5.13 Å². The standard InChI is InChI=1S/C13H12ClN3S/c1-9-3-2-4-10(7-9)5-6-16-13-17-12(14)11(8-15)18-13/h2-4,7H,5-6H2,1H3,(H,16,17). The molecule has 1 N–H and O–H groups in total. The van der Waals surface area contributed by atoms with E-state index < -0.39 is 0 Å². The third-order valence-electron chi connectivity index (χ3n) is 2.46. The van der Waals surface area contributed by atoms with Crippen LogP contribution in [0, 0.1) is 18.3 Å². The number of halogens is 1. The van der Waals surface area contributed by atoms with E-state index in [9.17, 15) is 0 Å². The van der Waals surface area contributed by atoms with Crippen LogP contribution < -0.4 is 5.32 Å². The molecule has 0 fully saturated rings. The highest BCUT2D eigenvalue weighted by Crippen LogP contribution is 2.25. The van der Waals surface area contributed by atoms with Gasteiger partial charge in [0.15, 0.2) is 10.3 Å². The summed E-state index contributed by atoms with van der Waals surface area (Å²) in [6.45, 7) is 2.86. The number of nitrogens with zero attached hydrogens (tertiary/aromatic N) is 2. The molecule has 0 amide bonds. The van der Waals surface area contributed by atoms with Crippen molar-refractivity contribution in [2.75, 3.05) is 11.9 Å². The van der Waals surface area contributed by atoms with Gasteiger partial charge in [0.25, 0.3) is 0 Å². The van der Waals surface area contributed by atoms with Gasteiger partial charge < -0.3 is 5.32 Å². The Morgan fingerprint density at radius 1 is 1.50 bits per heavy atom. The van der Waals surface area contributed by atoms with Gasteiger partial charge in [-0.25, -0.2) is 4.98 Å². The van der Waals surface area contributed by atoms with Crippen LogP contribution in [0.5, 0.6) is 0 Å². The van der Waals surface area contributed by atoms with Gasteiger partial charge in [-0.15, -0.1) is 0 Å². The fourth-order valence-electron chi connectivity index (χ4n) is 1.63. The highest BCUT2D eigenvalue weighted by atomic mass is 35.5. The molecule has 0 aliphatic rings. The minimum absolute atomic E-state index is 0.278. The van der Waals surface area contributed by atoms with Gasteiger partial charge in [-0.3, -0.25) is 0 Å². The van der Waals surface area contributed by atoms with Gasteiger partial charge in [-0.1, -0.05) is 52.8 Å². The molecule has 0 spiro atoms. The SMILES string of the molecule is Cc1cccc(CCNc2nc(Cl)c(C#N)s2)c1. The maximum Gasteiger partial charge on any atom is 0.185 e. The highest BCUT2D eigenvalue weighted by molar-refractivity contribution is 7.16. The second-order valence-corrected chi connectivity index (χ2v) is 5.27. The van der Waals surface area contributed by atoms with Crippen molar-refractivity contribution < 1.29 is 0 Å². The number of nitriles is 1. The quantitative estimate of drug-likeness (QED) is 0.928. The summed E-state index contributed by atoms with van der Waals surface area (Å²) in [7, 11) is 0. The summed E-state index contributed by atoms with van der Waals surface area (Å²) in [5.74, 6) is 0. The fraction of sp³-hybridized carbons (Fsp3) is 0.231. The molecule has 0 saturated heterocycles. The first-order valence-electron chi connectivity index (χ1n) is 5.55. The Kier molecular flexibility index (Phi) is 4.19. The molecule has 0 bridgehead atoms. The molecule has 18 heavy (non-hydrogen) atoms. The third kappa shape index (κ3) is 3.22. The normalized spacial score (nSPS) is 10.1. The lowest BCUT2D eigenvalue weighted by Gasteiger charge is -2.03. The average Bonchev–Trinajstić information content (AvgIpc) is 2.70. The number of anilines is 1. The Morgan fingerprint density at radius 3 is 3.00 bits per heavy atom. The monoisotopic (exact) mass is 277 g/mol. The van der Waals surface area contributed by atoms with Gasteiger partial charge in [-0.05, 0) is 18.9 Å². The van der Waals surface area contributed by atoms with Crippen LogP contribution in [0.1, 0.15) is 16.0 Å². The molecular weight excluding hydrogens is 266 g/mol. The lowest BCUT2D eigenvalue weighted by molar-refractivity contribution is 1.01. The molecule has 0 atom stereocenters. The Balaban J connectivity index is 1.90. The minimum atomic E-state index is 0.278. The molecule has 0 unspecified atom stereocenters. The van der Waals surface area contributed by atoms with E-state index in [1.807, 2.05) is 6.07 Å². The summed E-state index contributed by atoms with van der Waals surface area (Å²) in [4.78, 5) is 4.53. The van der Waals surface area contributed by atoms with Crippen molar-refractivity contribution in [1.82, 2.24) is 4.98 Å². The molecular formula is C13H12ClN3S. The summed E-state index contributed by atoms with van der Waals surface area (Å²) in [5, 5.41) is 12.9. The predicted octanol–water partition coefficient (Wildman–Crippen LogP) is 3.63. The predicted molar refractivity (Wildman–Crippen MR) is 75.2 cm³/mol. The van der Waals surface area contributed by atoms with Crippen LogP contribution in [-0.4, -0.2) is 11.5 Å². The molecule has 2 rings (SSSR count). The summed E-state index contributed by atoms with van der Waals surface area (Å²) >= 11 is 7.08. The van der Waals surface area contributed by atoms with Crippen molar-refractivity contribution >= 4 is 28.1 Å². The van der Waals surface area contributed by atoms with Crippen LogP contribution >= 0.6 is 22.9 Å². The molecule has 0 aliphatic carbocycles.